The van der Waals surface area contributed by atoms with Gasteiger partial charge in [0.05, 0.1) is 12.5 Å². The molecule has 0 aromatic heterocycles. The van der Waals surface area contributed by atoms with Crippen LogP contribution in [0.4, 0.5) is 0 Å². The van der Waals surface area contributed by atoms with Crippen molar-refractivity contribution in [2.24, 2.45) is 10.9 Å². The zero-order valence-corrected chi connectivity index (χ0v) is 18.0. The van der Waals surface area contributed by atoms with Gasteiger partial charge in [-0.15, -0.1) is 0 Å². The maximum Gasteiger partial charge on any atom is 0.309 e. The van der Waals surface area contributed by atoms with Crippen LogP contribution >= 0.6 is 0 Å². The monoisotopic (exact) mass is 400 g/mol. The number of nitrogens with one attached hydrogen (secondary N) is 1. The Kier molecular flexibility index (Phi) is 8.35. The number of hydrogen-bond donors (Lipinski definition) is 1. The van der Waals surface area contributed by atoms with Gasteiger partial charge < -0.3 is 15.0 Å². The molecule has 1 atom stereocenters. The quantitative estimate of drug-likeness (QED) is 0.452. The summed E-state index contributed by atoms with van der Waals surface area (Å²) in [6, 6.07) is 11.3. The molecule has 0 amide bonds. The number of piperidine rings is 2. The van der Waals surface area contributed by atoms with Gasteiger partial charge in [-0.25, -0.2) is 0 Å². The van der Waals surface area contributed by atoms with Crippen molar-refractivity contribution in [3.05, 3.63) is 35.9 Å². The van der Waals surface area contributed by atoms with Crippen LogP contribution in [-0.4, -0.2) is 67.6 Å². The highest BCUT2D eigenvalue weighted by molar-refractivity contribution is 5.80. The Morgan fingerprint density at radius 1 is 1.14 bits per heavy atom. The first-order chi connectivity index (χ1) is 14.2. The number of carbonyl (C=O) groups is 1. The zero-order chi connectivity index (χ0) is 20.5. The number of ether oxygens (including phenoxy) is 1. The van der Waals surface area contributed by atoms with Gasteiger partial charge in [-0.05, 0) is 44.7 Å². The molecule has 0 spiro atoms. The van der Waals surface area contributed by atoms with Gasteiger partial charge in [-0.1, -0.05) is 36.8 Å². The molecule has 1 N–H and O–H groups in total. The molecule has 1 unspecified atom stereocenters. The minimum atomic E-state index is -0.0474. The topological polar surface area (TPSA) is 57.2 Å². The molecule has 29 heavy (non-hydrogen) atoms. The number of nitrogens with zero attached hydrogens (tertiary/aromatic N) is 3. The summed E-state index contributed by atoms with van der Waals surface area (Å²) in [5.41, 5.74) is 1.38. The van der Waals surface area contributed by atoms with E-state index in [1.807, 2.05) is 14.0 Å². The molecule has 2 aliphatic heterocycles. The predicted molar refractivity (Wildman–Crippen MR) is 117 cm³/mol. The van der Waals surface area contributed by atoms with Crippen LogP contribution in [0.5, 0.6) is 0 Å². The summed E-state index contributed by atoms with van der Waals surface area (Å²) in [7, 11) is 1.85. The Balaban J connectivity index is 1.50. The van der Waals surface area contributed by atoms with E-state index in [4.69, 9.17) is 4.74 Å². The lowest BCUT2D eigenvalue weighted by atomic mass is 9.97. The molecule has 6 nitrogen and oxygen atoms in total. The number of esters is 1. The minimum absolute atomic E-state index is 0.0315. The molecule has 2 fully saturated rings. The molecule has 2 aliphatic rings. The van der Waals surface area contributed by atoms with Gasteiger partial charge in [-0.2, -0.15) is 0 Å². The smallest absolute Gasteiger partial charge is 0.309 e. The number of benzene rings is 1. The van der Waals surface area contributed by atoms with Crippen LogP contribution < -0.4 is 5.32 Å². The molecule has 6 heteroatoms. The fourth-order valence-electron chi connectivity index (χ4n) is 4.45. The van der Waals surface area contributed by atoms with Gasteiger partial charge in [0.15, 0.2) is 5.96 Å². The first-order valence-corrected chi connectivity index (χ1v) is 11.1. The van der Waals surface area contributed by atoms with Crippen molar-refractivity contribution in [1.82, 2.24) is 15.1 Å². The van der Waals surface area contributed by atoms with Gasteiger partial charge in [0.25, 0.3) is 0 Å². The van der Waals surface area contributed by atoms with E-state index in [1.54, 1.807) is 0 Å². The van der Waals surface area contributed by atoms with Crippen molar-refractivity contribution >= 4 is 11.9 Å². The average Bonchev–Trinajstić information content (AvgIpc) is 2.76. The van der Waals surface area contributed by atoms with Crippen LogP contribution in [0.3, 0.4) is 0 Å². The highest BCUT2D eigenvalue weighted by Gasteiger charge is 2.28. The van der Waals surface area contributed by atoms with E-state index in [9.17, 15) is 4.79 Å². The number of rotatable bonds is 6. The maximum absolute atomic E-state index is 12.0. The third-order valence-electron chi connectivity index (χ3n) is 6.10. The van der Waals surface area contributed by atoms with Gasteiger partial charge >= 0.3 is 5.97 Å². The van der Waals surface area contributed by atoms with Crippen LogP contribution in [0.2, 0.25) is 0 Å². The van der Waals surface area contributed by atoms with Crippen LogP contribution in [0.25, 0.3) is 0 Å². The van der Waals surface area contributed by atoms with Crippen LogP contribution in [0.1, 0.15) is 44.6 Å². The lowest BCUT2D eigenvalue weighted by Gasteiger charge is -2.38. The van der Waals surface area contributed by atoms with E-state index < -0.39 is 0 Å². The largest absolute Gasteiger partial charge is 0.466 e. The fourth-order valence-corrected chi connectivity index (χ4v) is 4.45. The van der Waals surface area contributed by atoms with Crippen molar-refractivity contribution in [2.75, 3.05) is 39.8 Å². The van der Waals surface area contributed by atoms with Gasteiger partial charge in [-0.3, -0.25) is 14.7 Å². The van der Waals surface area contributed by atoms with Crippen molar-refractivity contribution in [2.45, 2.75) is 51.6 Å². The fraction of sp³-hybridized carbons (Fsp3) is 0.652. The molecule has 160 valence electrons. The van der Waals surface area contributed by atoms with Crippen LogP contribution in [-0.2, 0) is 16.1 Å². The third kappa shape index (κ3) is 6.20. The summed E-state index contributed by atoms with van der Waals surface area (Å²) in [5.74, 6) is 0.940. The molecule has 2 heterocycles. The number of hydrogen-bond acceptors (Lipinski definition) is 4. The van der Waals surface area contributed by atoms with E-state index in [-0.39, 0.29) is 11.9 Å². The van der Waals surface area contributed by atoms with E-state index in [1.165, 1.54) is 24.8 Å². The van der Waals surface area contributed by atoms with Crippen molar-refractivity contribution < 1.29 is 9.53 Å². The van der Waals surface area contributed by atoms with E-state index in [0.717, 1.165) is 51.5 Å². The first kappa shape index (κ1) is 21.6. The summed E-state index contributed by atoms with van der Waals surface area (Å²) in [6.45, 7) is 7.11. The average molecular weight is 401 g/mol. The Bertz CT molecular complexity index is 656. The van der Waals surface area contributed by atoms with Gasteiger partial charge in [0, 0.05) is 39.3 Å². The summed E-state index contributed by atoms with van der Waals surface area (Å²) in [4.78, 5) is 21.4. The molecule has 1 aromatic carbocycles. The summed E-state index contributed by atoms with van der Waals surface area (Å²) < 4.78 is 5.18. The highest BCUT2D eigenvalue weighted by atomic mass is 16.5. The van der Waals surface area contributed by atoms with Crippen molar-refractivity contribution in [3.63, 3.8) is 0 Å². The SMILES string of the molecule is CCOC(=O)C1CCN(C(=NC)NCC2CCCCN2Cc2ccccc2)CC1. The molecule has 0 radical (unpaired) electrons. The van der Waals surface area contributed by atoms with Gasteiger partial charge in [0.1, 0.15) is 0 Å². The predicted octanol–water partition coefficient (Wildman–Crippen LogP) is 2.89. The van der Waals surface area contributed by atoms with E-state index >= 15 is 0 Å². The number of aliphatic imine (C=N–C) groups is 1. The molecular formula is C23H36N4O2. The van der Waals surface area contributed by atoms with Crippen LogP contribution in [0.15, 0.2) is 35.3 Å². The van der Waals surface area contributed by atoms with Crippen molar-refractivity contribution in [1.29, 1.82) is 0 Å². The lowest BCUT2D eigenvalue weighted by molar-refractivity contribution is -0.149. The lowest BCUT2D eigenvalue weighted by Crippen LogP contribution is -2.51. The Morgan fingerprint density at radius 3 is 2.59 bits per heavy atom. The second-order valence-corrected chi connectivity index (χ2v) is 8.05. The number of likely N-dealkylation sites (tertiary alicyclic amines) is 2. The summed E-state index contributed by atoms with van der Waals surface area (Å²) in [5, 5.41) is 3.61. The Labute approximate surface area is 175 Å². The molecule has 2 saturated heterocycles. The number of carbonyl (C=O) groups excluding carboxylic acids is 1. The molecule has 0 saturated carbocycles. The number of guanidine groups is 1. The summed E-state index contributed by atoms with van der Waals surface area (Å²) >= 11 is 0. The van der Waals surface area contributed by atoms with Gasteiger partial charge in [0.2, 0.25) is 0 Å². The first-order valence-electron chi connectivity index (χ1n) is 11.1. The van der Waals surface area contributed by atoms with E-state index in [2.05, 4.69) is 50.4 Å². The second-order valence-electron chi connectivity index (χ2n) is 8.05. The molecule has 1 aromatic rings. The van der Waals surface area contributed by atoms with Crippen LogP contribution in [0, 0.1) is 5.92 Å². The second kappa shape index (κ2) is 11.2. The molecule has 0 aliphatic carbocycles. The molecular weight excluding hydrogens is 364 g/mol. The Hall–Kier alpha value is -2.08. The molecule has 0 bridgehead atoms. The minimum Gasteiger partial charge on any atom is -0.466 e. The van der Waals surface area contributed by atoms with Crippen molar-refractivity contribution in [3.8, 4) is 0 Å². The highest BCUT2D eigenvalue weighted by Crippen LogP contribution is 2.21. The van der Waals surface area contributed by atoms with E-state index in [0.29, 0.717) is 12.6 Å². The standard InChI is InChI=1S/C23H36N4O2/c1-3-29-22(28)20-12-15-26(16-13-20)23(24-2)25-17-21-11-7-8-14-27(21)18-19-9-5-4-6-10-19/h4-6,9-10,20-21H,3,7-8,11-18H2,1-2H3,(H,24,25). The normalized spacial score (nSPS) is 21.8. The third-order valence-corrected chi connectivity index (χ3v) is 6.10. The maximum atomic E-state index is 12.0. The summed E-state index contributed by atoms with van der Waals surface area (Å²) in [6.07, 6.45) is 5.47. The Morgan fingerprint density at radius 2 is 1.90 bits per heavy atom. The molecule has 3 rings (SSSR count). The zero-order valence-electron chi connectivity index (χ0n) is 18.0.